The van der Waals surface area contributed by atoms with E-state index in [1.807, 2.05) is 11.8 Å². The summed E-state index contributed by atoms with van der Waals surface area (Å²) in [7, 11) is 0. The Hall–Kier alpha value is -1.58. The van der Waals surface area contributed by atoms with Crippen molar-refractivity contribution in [1.82, 2.24) is 9.88 Å². The summed E-state index contributed by atoms with van der Waals surface area (Å²) in [4.78, 5) is 29.0. The van der Waals surface area contributed by atoms with Gasteiger partial charge in [0.2, 0.25) is 0 Å². The lowest BCUT2D eigenvalue weighted by Crippen LogP contribution is -2.38. The third-order valence-corrected chi connectivity index (χ3v) is 3.10. The zero-order chi connectivity index (χ0) is 13.3. The molecular formula is C14H20N2O2. The van der Waals surface area contributed by atoms with Crippen LogP contribution in [-0.2, 0) is 0 Å². The van der Waals surface area contributed by atoms with Gasteiger partial charge in [-0.25, -0.2) is 0 Å². The van der Waals surface area contributed by atoms with E-state index in [1.165, 1.54) is 12.3 Å². The number of nitrogens with one attached hydrogen (secondary N) is 1. The van der Waals surface area contributed by atoms with E-state index in [9.17, 15) is 9.59 Å². The topological polar surface area (TPSA) is 53.2 Å². The van der Waals surface area contributed by atoms with Crippen molar-refractivity contribution >= 4 is 5.91 Å². The number of carbonyl (C=O) groups excluding carboxylic acids is 1. The molecule has 0 saturated heterocycles. The van der Waals surface area contributed by atoms with Gasteiger partial charge in [0.1, 0.15) is 5.56 Å². The van der Waals surface area contributed by atoms with Gasteiger partial charge in [0.15, 0.2) is 5.43 Å². The first-order valence-electron chi connectivity index (χ1n) is 6.49. The Balaban J connectivity index is 2.24. The van der Waals surface area contributed by atoms with Crippen LogP contribution in [0, 0.1) is 12.8 Å². The summed E-state index contributed by atoms with van der Waals surface area (Å²) in [6.45, 7) is 6.70. The largest absolute Gasteiger partial charge is 0.364 e. The number of carbonyl (C=O) groups is 1. The summed E-state index contributed by atoms with van der Waals surface area (Å²) in [5.41, 5.74) is 0.845. The quantitative estimate of drug-likeness (QED) is 0.885. The minimum absolute atomic E-state index is 0.132. The van der Waals surface area contributed by atoms with Crippen molar-refractivity contribution in [1.29, 1.82) is 0 Å². The highest BCUT2D eigenvalue weighted by Crippen LogP contribution is 2.28. The average molecular weight is 248 g/mol. The first kappa shape index (κ1) is 12.9. The second-order valence-electron chi connectivity index (χ2n) is 5.48. The van der Waals surface area contributed by atoms with Crippen LogP contribution in [-0.4, -0.2) is 28.4 Å². The molecular weight excluding hydrogens is 228 g/mol. The molecule has 4 nitrogen and oxygen atoms in total. The Kier molecular flexibility index (Phi) is 3.55. The molecule has 4 heteroatoms. The minimum atomic E-state index is -0.189. The summed E-state index contributed by atoms with van der Waals surface area (Å²) in [5, 5.41) is 0. The maximum atomic E-state index is 12.4. The van der Waals surface area contributed by atoms with Gasteiger partial charge in [-0.05, 0) is 25.7 Å². The second-order valence-corrected chi connectivity index (χ2v) is 5.48. The Morgan fingerprint density at radius 2 is 2.17 bits per heavy atom. The van der Waals surface area contributed by atoms with Crippen LogP contribution in [0.25, 0.3) is 0 Å². The maximum absolute atomic E-state index is 12.4. The molecule has 0 radical (unpaired) electrons. The molecule has 1 N–H and O–H groups in total. The van der Waals surface area contributed by atoms with E-state index in [1.54, 1.807) is 0 Å². The van der Waals surface area contributed by atoms with E-state index in [2.05, 4.69) is 18.8 Å². The lowest BCUT2D eigenvalue weighted by Gasteiger charge is -2.24. The number of hydrogen-bond donors (Lipinski definition) is 1. The molecule has 18 heavy (non-hydrogen) atoms. The number of amides is 1. The van der Waals surface area contributed by atoms with E-state index >= 15 is 0 Å². The summed E-state index contributed by atoms with van der Waals surface area (Å²) in [5.74, 6) is 0.284. The van der Waals surface area contributed by atoms with Crippen molar-refractivity contribution < 1.29 is 4.79 Å². The van der Waals surface area contributed by atoms with Gasteiger partial charge in [0, 0.05) is 30.5 Å². The molecule has 2 rings (SSSR count). The Labute approximate surface area is 107 Å². The number of aromatic nitrogens is 1. The van der Waals surface area contributed by atoms with Crippen LogP contribution >= 0.6 is 0 Å². The van der Waals surface area contributed by atoms with Crippen molar-refractivity contribution in [3.8, 4) is 0 Å². The van der Waals surface area contributed by atoms with Gasteiger partial charge in [-0.3, -0.25) is 9.59 Å². The molecule has 1 heterocycles. The maximum Gasteiger partial charge on any atom is 0.259 e. The monoisotopic (exact) mass is 248 g/mol. The third kappa shape index (κ3) is 2.81. The number of aromatic amines is 1. The molecule has 0 aromatic carbocycles. The van der Waals surface area contributed by atoms with Crippen molar-refractivity contribution in [3.05, 3.63) is 33.7 Å². The molecule has 0 spiro atoms. The van der Waals surface area contributed by atoms with Crippen LogP contribution in [0.3, 0.4) is 0 Å². The van der Waals surface area contributed by atoms with Crippen LogP contribution in [0.2, 0.25) is 0 Å². The highest BCUT2D eigenvalue weighted by Gasteiger charge is 2.34. The first-order chi connectivity index (χ1) is 8.49. The second kappa shape index (κ2) is 4.96. The Bertz CT molecular complexity index is 501. The molecule has 1 aliphatic rings. The molecule has 1 aromatic heterocycles. The molecule has 0 aliphatic heterocycles. The summed E-state index contributed by atoms with van der Waals surface area (Å²) in [6.07, 6.45) is 3.65. The van der Waals surface area contributed by atoms with E-state index in [4.69, 9.17) is 0 Å². The Morgan fingerprint density at radius 3 is 2.67 bits per heavy atom. The molecule has 1 amide bonds. The van der Waals surface area contributed by atoms with Gasteiger partial charge in [-0.15, -0.1) is 0 Å². The molecule has 1 aromatic rings. The van der Waals surface area contributed by atoms with Gasteiger partial charge >= 0.3 is 0 Å². The fourth-order valence-corrected chi connectivity index (χ4v) is 2.07. The zero-order valence-electron chi connectivity index (χ0n) is 11.2. The normalized spacial score (nSPS) is 14.9. The predicted molar refractivity (Wildman–Crippen MR) is 70.7 cm³/mol. The van der Waals surface area contributed by atoms with E-state index in [0.29, 0.717) is 12.0 Å². The van der Waals surface area contributed by atoms with Gasteiger partial charge in [-0.1, -0.05) is 13.8 Å². The van der Waals surface area contributed by atoms with Crippen LogP contribution in [0.15, 0.2) is 17.1 Å². The van der Waals surface area contributed by atoms with Gasteiger partial charge in [-0.2, -0.15) is 0 Å². The van der Waals surface area contributed by atoms with Crippen molar-refractivity contribution in [2.45, 2.75) is 39.7 Å². The van der Waals surface area contributed by atoms with Crippen LogP contribution in [0.4, 0.5) is 0 Å². The van der Waals surface area contributed by atoms with Crippen molar-refractivity contribution in [3.63, 3.8) is 0 Å². The standard InChI is InChI=1S/C14H20N2O2/c1-9(2)8-16(11-4-5-11)14(18)12-7-15-10(3)6-13(12)17/h6-7,9,11H,4-5,8H2,1-3H3,(H,15,17). The summed E-state index contributed by atoms with van der Waals surface area (Å²) >= 11 is 0. The number of rotatable bonds is 4. The lowest BCUT2D eigenvalue weighted by atomic mass is 10.1. The number of H-pyrrole nitrogens is 1. The average Bonchev–Trinajstić information content (AvgIpc) is 3.08. The van der Waals surface area contributed by atoms with Crippen molar-refractivity contribution in [2.24, 2.45) is 5.92 Å². The van der Waals surface area contributed by atoms with Gasteiger partial charge in [0.05, 0.1) is 0 Å². The predicted octanol–water partition coefficient (Wildman–Crippen LogP) is 1.94. The minimum Gasteiger partial charge on any atom is -0.364 e. The lowest BCUT2D eigenvalue weighted by molar-refractivity contribution is 0.0721. The molecule has 0 unspecified atom stereocenters. The summed E-state index contributed by atoms with van der Waals surface area (Å²) < 4.78 is 0. The fraction of sp³-hybridized carbons (Fsp3) is 0.571. The third-order valence-electron chi connectivity index (χ3n) is 3.10. The van der Waals surface area contributed by atoms with E-state index in [-0.39, 0.29) is 16.9 Å². The van der Waals surface area contributed by atoms with Gasteiger partial charge < -0.3 is 9.88 Å². The van der Waals surface area contributed by atoms with E-state index < -0.39 is 0 Å². The number of pyridine rings is 1. The smallest absolute Gasteiger partial charge is 0.259 e. The number of nitrogens with zero attached hydrogens (tertiary/aromatic N) is 1. The molecule has 0 bridgehead atoms. The van der Waals surface area contributed by atoms with Crippen LogP contribution in [0.1, 0.15) is 42.7 Å². The number of aryl methyl sites for hydroxylation is 1. The highest BCUT2D eigenvalue weighted by molar-refractivity contribution is 5.94. The SMILES string of the molecule is Cc1cc(=O)c(C(=O)N(CC(C)C)C2CC2)c[nH]1. The van der Waals surface area contributed by atoms with Crippen LogP contribution < -0.4 is 5.43 Å². The molecule has 1 saturated carbocycles. The van der Waals surface area contributed by atoms with Crippen LogP contribution in [0.5, 0.6) is 0 Å². The molecule has 0 atom stereocenters. The molecule has 98 valence electrons. The molecule has 1 fully saturated rings. The Morgan fingerprint density at radius 1 is 1.50 bits per heavy atom. The zero-order valence-corrected chi connectivity index (χ0v) is 11.2. The van der Waals surface area contributed by atoms with Gasteiger partial charge in [0.25, 0.3) is 5.91 Å². The fourth-order valence-electron chi connectivity index (χ4n) is 2.07. The number of hydrogen-bond acceptors (Lipinski definition) is 2. The highest BCUT2D eigenvalue weighted by atomic mass is 16.2. The van der Waals surface area contributed by atoms with E-state index in [0.717, 1.165) is 25.1 Å². The molecule has 1 aliphatic carbocycles. The summed E-state index contributed by atoms with van der Waals surface area (Å²) in [6, 6.07) is 1.81. The van der Waals surface area contributed by atoms with Crippen molar-refractivity contribution in [2.75, 3.05) is 6.54 Å². The first-order valence-corrected chi connectivity index (χ1v) is 6.49.